The molecule has 144 valence electrons. The first-order valence-electron chi connectivity index (χ1n) is 9.14. The van der Waals surface area contributed by atoms with Crippen molar-refractivity contribution in [2.75, 3.05) is 25.5 Å². The average molecular weight is 361 g/mol. The highest BCUT2D eigenvalue weighted by molar-refractivity contribution is 5.86. The molecule has 0 spiro atoms. The van der Waals surface area contributed by atoms with Crippen molar-refractivity contribution in [3.8, 4) is 0 Å². The molecule has 0 bridgehead atoms. The molecular formula is C18H32N8. The van der Waals surface area contributed by atoms with Gasteiger partial charge in [0.05, 0.1) is 11.6 Å². The Bertz CT molecular complexity index is 728. The number of hydrogen-bond acceptors (Lipinski definition) is 5. The smallest absolute Gasteiger partial charge is 0.191 e. The van der Waals surface area contributed by atoms with Gasteiger partial charge in [0.2, 0.25) is 0 Å². The van der Waals surface area contributed by atoms with Crippen LogP contribution in [0.4, 0.5) is 5.82 Å². The summed E-state index contributed by atoms with van der Waals surface area (Å²) in [6.45, 7) is 10.5. The van der Waals surface area contributed by atoms with Crippen molar-refractivity contribution in [2.24, 2.45) is 17.5 Å². The van der Waals surface area contributed by atoms with Crippen molar-refractivity contribution in [1.82, 2.24) is 30.4 Å². The molecule has 0 aromatic carbocycles. The van der Waals surface area contributed by atoms with Crippen LogP contribution in [0.2, 0.25) is 0 Å². The van der Waals surface area contributed by atoms with Crippen LogP contribution in [-0.4, -0.2) is 51.9 Å². The normalized spacial score (nSPS) is 13.7. The molecule has 2 rings (SSSR count). The number of fused-ring (bicyclic) bond motifs is 1. The van der Waals surface area contributed by atoms with Crippen LogP contribution < -0.4 is 16.0 Å². The van der Waals surface area contributed by atoms with E-state index in [4.69, 9.17) is 0 Å². The molecule has 3 N–H and O–H groups in total. The first-order chi connectivity index (χ1) is 12.3. The molecule has 1 atom stereocenters. The predicted molar refractivity (Wildman–Crippen MR) is 107 cm³/mol. The van der Waals surface area contributed by atoms with Gasteiger partial charge in [-0.2, -0.15) is 5.10 Å². The summed E-state index contributed by atoms with van der Waals surface area (Å²) >= 11 is 0. The van der Waals surface area contributed by atoms with Crippen molar-refractivity contribution in [3.05, 3.63) is 12.5 Å². The maximum absolute atomic E-state index is 4.30. The summed E-state index contributed by atoms with van der Waals surface area (Å²) in [5.74, 6) is 1.62. The lowest BCUT2D eigenvalue weighted by Crippen LogP contribution is -2.43. The van der Waals surface area contributed by atoms with Crippen LogP contribution in [0.15, 0.2) is 17.5 Å². The number of aryl methyl sites for hydroxylation is 1. The van der Waals surface area contributed by atoms with Crippen molar-refractivity contribution in [1.29, 1.82) is 0 Å². The fraction of sp³-hybridized carbons (Fsp3) is 0.667. The third-order valence-corrected chi connectivity index (χ3v) is 4.17. The number of nitrogens with zero attached hydrogens (tertiary/aromatic N) is 5. The predicted octanol–water partition coefficient (Wildman–Crippen LogP) is 2.15. The second kappa shape index (κ2) is 8.82. The average Bonchev–Trinajstić information content (AvgIpc) is 2.97. The van der Waals surface area contributed by atoms with Crippen LogP contribution in [0.5, 0.6) is 0 Å². The highest BCUT2D eigenvalue weighted by Gasteiger charge is 2.13. The van der Waals surface area contributed by atoms with Crippen LogP contribution in [0.1, 0.15) is 40.5 Å². The summed E-state index contributed by atoms with van der Waals surface area (Å²) in [7, 11) is 3.67. The Morgan fingerprint density at radius 2 is 2.04 bits per heavy atom. The Morgan fingerprint density at radius 3 is 2.73 bits per heavy atom. The first-order valence-corrected chi connectivity index (χ1v) is 9.14. The Kier molecular flexibility index (Phi) is 6.76. The van der Waals surface area contributed by atoms with E-state index < -0.39 is 0 Å². The van der Waals surface area contributed by atoms with Crippen LogP contribution in [-0.2, 0) is 7.05 Å². The molecule has 2 aromatic heterocycles. The van der Waals surface area contributed by atoms with E-state index >= 15 is 0 Å². The Hall–Kier alpha value is -2.38. The molecule has 26 heavy (non-hydrogen) atoms. The summed E-state index contributed by atoms with van der Waals surface area (Å²) in [6.07, 6.45) is 5.62. The van der Waals surface area contributed by atoms with E-state index in [1.807, 2.05) is 7.05 Å². The van der Waals surface area contributed by atoms with Crippen molar-refractivity contribution < 1.29 is 0 Å². The van der Waals surface area contributed by atoms with Crippen LogP contribution in [0.3, 0.4) is 0 Å². The maximum Gasteiger partial charge on any atom is 0.191 e. The van der Waals surface area contributed by atoms with E-state index in [-0.39, 0.29) is 0 Å². The van der Waals surface area contributed by atoms with E-state index in [2.05, 4.69) is 63.7 Å². The van der Waals surface area contributed by atoms with E-state index in [0.29, 0.717) is 11.5 Å². The quantitative estimate of drug-likeness (QED) is 0.398. The minimum absolute atomic E-state index is 0.353. The zero-order valence-electron chi connectivity index (χ0n) is 16.8. The van der Waals surface area contributed by atoms with E-state index in [0.717, 1.165) is 42.3 Å². The molecule has 0 saturated heterocycles. The molecule has 0 aliphatic rings. The third-order valence-electron chi connectivity index (χ3n) is 4.17. The summed E-state index contributed by atoms with van der Waals surface area (Å²) in [5.41, 5.74) is 1.17. The molecule has 0 radical (unpaired) electrons. The topological polar surface area (TPSA) is 92.1 Å². The van der Waals surface area contributed by atoms with Gasteiger partial charge in [0, 0.05) is 33.2 Å². The van der Waals surface area contributed by atoms with Gasteiger partial charge in [-0.3, -0.25) is 9.67 Å². The maximum atomic E-state index is 4.30. The lowest BCUT2D eigenvalue weighted by atomic mass is 9.89. The highest BCUT2D eigenvalue weighted by atomic mass is 15.3. The molecule has 8 heteroatoms. The van der Waals surface area contributed by atoms with Gasteiger partial charge in [-0.15, -0.1) is 0 Å². The summed E-state index contributed by atoms with van der Waals surface area (Å²) in [5, 5.41) is 15.3. The molecule has 8 nitrogen and oxygen atoms in total. The Labute approximate surface area is 155 Å². The lowest BCUT2D eigenvalue weighted by molar-refractivity contribution is 0.346. The first kappa shape index (κ1) is 19.9. The number of anilines is 1. The monoisotopic (exact) mass is 360 g/mol. The standard InChI is InChI=1S/C18H32N8/c1-13(7-8-18(2,3)4)25-17(19-5)21-10-9-20-15-14-11-24-26(6)16(14)23-12-22-15/h11-13H,7-10H2,1-6H3,(H2,19,21,25)(H,20,22,23). The number of guanidine groups is 1. The summed E-state index contributed by atoms with van der Waals surface area (Å²) in [4.78, 5) is 12.8. The van der Waals surface area contributed by atoms with Gasteiger partial charge in [0.1, 0.15) is 12.1 Å². The molecule has 1 unspecified atom stereocenters. The minimum atomic E-state index is 0.353. The van der Waals surface area contributed by atoms with Crippen LogP contribution >= 0.6 is 0 Å². The third kappa shape index (κ3) is 5.86. The van der Waals surface area contributed by atoms with Crippen LogP contribution in [0, 0.1) is 5.41 Å². The lowest BCUT2D eigenvalue weighted by Gasteiger charge is -2.23. The second-order valence-electron chi connectivity index (χ2n) is 7.80. The molecule has 2 heterocycles. The number of nitrogens with one attached hydrogen (secondary N) is 3. The van der Waals surface area contributed by atoms with Gasteiger partial charge in [-0.05, 0) is 25.2 Å². The van der Waals surface area contributed by atoms with Gasteiger partial charge in [-0.1, -0.05) is 20.8 Å². The number of aromatic nitrogens is 4. The molecule has 0 aliphatic heterocycles. The zero-order chi connectivity index (χ0) is 19.2. The Balaban J connectivity index is 1.77. The largest absolute Gasteiger partial charge is 0.368 e. The van der Waals surface area contributed by atoms with Gasteiger partial charge < -0.3 is 16.0 Å². The van der Waals surface area contributed by atoms with Crippen molar-refractivity contribution in [2.45, 2.75) is 46.6 Å². The minimum Gasteiger partial charge on any atom is -0.368 e. The zero-order valence-corrected chi connectivity index (χ0v) is 16.8. The molecule has 0 saturated carbocycles. The van der Waals surface area contributed by atoms with E-state index in [1.54, 1.807) is 24.3 Å². The fourth-order valence-electron chi connectivity index (χ4n) is 2.61. The molecular weight excluding hydrogens is 328 g/mol. The molecule has 0 fully saturated rings. The number of hydrogen-bond donors (Lipinski definition) is 3. The van der Waals surface area contributed by atoms with Crippen molar-refractivity contribution in [3.63, 3.8) is 0 Å². The van der Waals surface area contributed by atoms with Gasteiger partial charge in [0.25, 0.3) is 0 Å². The molecule has 0 amide bonds. The highest BCUT2D eigenvalue weighted by Crippen LogP contribution is 2.21. The Morgan fingerprint density at radius 1 is 1.27 bits per heavy atom. The summed E-state index contributed by atoms with van der Waals surface area (Å²) in [6, 6.07) is 0.380. The van der Waals surface area contributed by atoms with Gasteiger partial charge >= 0.3 is 0 Å². The van der Waals surface area contributed by atoms with Gasteiger partial charge in [-0.25, -0.2) is 9.97 Å². The molecule has 0 aliphatic carbocycles. The van der Waals surface area contributed by atoms with Gasteiger partial charge in [0.15, 0.2) is 11.6 Å². The fourth-order valence-corrected chi connectivity index (χ4v) is 2.61. The second-order valence-corrected chi connectivity index (χ2v) is 7.80. The van der Waals surface area contributed by atoms with E-state index in [9.17, 15) is 0 Å². The van der Waals surface area contributed by atoms with Crippen LogP contribution in [0.25, 0.3) is 11.0 Å². The number of rotatable bonds is 7. The number of aliphatic imine (C=N–C) groups is 1. The van der Waals surface area contributed by atoms with E-state index in [1.165, 1.54) is 6.42 Å². The summed E-state index contributed by atoms with van der Waals surface area (Å²) < 4.78 is 1.74. The SMILES string of the molecule is CN=C(NCCNc1ncnc2c1cnn2C)NC(C)CCC(C)(C)C. The van der Waals surface area contributed by atoms with Crippen molar-refractivity contribution >= 4 is 22.8 Å². The molecule has 2 aromatic rings.